The second-order valence-corrected chi connectivity index (χ2v) is 6.67. The molecule has 23 heavy (non-hydrogen) atoms. The Morgan fingerprint density at radius 3 is 2.83 bits per heavy atom. The van der Waals surface area contributed by atoms with E-state index in [0.717, 1.165) is 24.2 Å². The summed E-state index contributed by atoms with van der Waals surface area (Å²) in [5.74, 6) is 0.570. The fourth-order valence-electron chi connectivity index (χ4n) is 3.56. The summed E-state index contributed by atoms with van der Waals surface area (Å²) >= 11 is 0. The molecule has 1 amide bonds. The maximum Gasteiger partial charge on any atom is 0.223 e. The van der Waals surface area contributed by atoms with Crippen molar-refractivity contribution in [3.8, 4) is 0 Å². The van der Waals surface area contributed by atoms with E-state index in [1.54, 1.807) is 0 Å². The Kier molecular flexibility index (Phi) is 4.46. The SMILES string of the molecule is Cc1cc(C)nc(CN(C)C(=O)CC2CCc3ccccc32)c1. The van der Waals surface area contributed by atoms with Gasteiger partial charge in [-0.25, -0.2) is 0 Å². The molecule has 1 aromatic carbocycles. The van der Waals surface area contributed by atoms with Crippen LogP contribution in [0.25, 0.3) is 0 Å². The highest BCUT2D eigenvalue weighted by Crippen LogP contribution is 2.35. The third-order valence-electron chi connectivity index (χ3n) is 4.65. The third-order valence-corrected chi connectivity index (χ3v) is 4.65. The lowest BCUT2D eigenvalue weighted by molar-refractivity contribution is -0.130. The van der Waals surface area contributed by atoms with Crippen LogP contribution in [0.4, 0.5) is 0 Å². The fraction of sp³-hybridized carbons (Fsp3) is 0.400. The van der Waals surface area contributed by atoms with Crippen LogP contribution in [-0.4, -0.2) is 22.8 Å². The molecule has 0 saturated heterocycles. The van der Waals surface area contributed by atoms with Gasteiger partial charge < -0.3 is 4.90 Å². The summed E-state index contributed by atoms with van der Waals surface area (Å²) in [6.07, 6.45) is 2.77. The van der Waals surface area contributed by atoms with E-state index in [2.05, 4.69) is 48.3 Å². The largest absolute Gasteiger partial charge is 0.340 e. The van der Waals surface area contributed by atoms with Crippen molar-refractivity contribution in [3.05, 3.63) is 64.5 Å². The molecule has 2 aromatic rings. The number of benzene rings is 1. The van der Waals surface area contributed by atoms with Crippen molar-refractivity contribution in [2.45, 2.75) is 45.6 Å². The van der Waals surface area contributed by atoms with E-state index in [9.17, 15) is 4.79 Å². The van der Waals surface area contributed by atoms with Gasteiger partial charge in [0.15, 0.2) is 0 Å². The Bertz CT molecular complexity index is 703. The molecular weight excluding hydrogens is 284 g/mol. The van der Waals surface area contributed by atoms with Gasteiger partial charge in [-0.1, -0.05) is 24.3 Å². The van der Waals surface area contributed by atoms with Crippen molar-refractivity contribution in [2.75, 3.05) is 7.05 Å². The zero-order valence-corrected chi connectivity index (χ0v) is 14.2. The lowest BCUT2D eigenvalue weighted by Gasteiger charge is -2.20. The molecule has 1 heterocycles. The van der Waals surface area contributed by atoms with Gasteiger partial charge in [0.2, 0.25) is 5.91 Å². The summed E-state index contributed by atoms with van der Waals surface area (Å²) in [5, 5.41) is 0. The highest BCUT2D eigenvalue weighted by molar-refractivity contribution is 5.77. The lowest BCUT2D eigenvalue weighted by atomic mass is 9.97. The first-order chi connectivity index (χ1) is 11.0. The summed E-state index contributed by atoms with van der Waals surface area (Å²) in [5.41, 5.74) is 5.93. The minimum Gasteiger partial charge on any atom is -0.340 e. The molecule has 0 bridgehead atoms. The first-order valence-corrected chi connectivity index (χ1v) is 8.29. The zero-order chi connectivity index (χ0) is 16.4. The number of carbonyl (C=O) groups excluding carboxylic acids is 1. The molecule has 0 fully saturated rings. The van der Waals surface area contributed by atoms with Crippen LogP contribution < -0.4 is 0 Å². The summed E-state index contributed by atoms with van der Waals surface area (Å²) in [4.78, 5) is 18.9. The van der Waals surface area contributed by atoms with Crippen LogP contribution in [0.1, 0.15) is 46.8 Å². The number of pyridine rings is 1. The van der Waals surface area contributed by atoms with E-state index in [4.69, 9.17) is 0 Å². The van der Waals surface area contributed by atoms with Crippen molar-refractivity contribution >= 4 is 5.91 Å². The summed E-state index contributed by atoms with van der Waals surface area (Å²) in [7, 11) is 1.88. The van der Waals surface area contributed by atoms with Crippen LogP contribution >= 0.6 is 0 Å². The van der Waals surface area contributed by atoms with E-state index in [-0.39, 0.29) is 5.91 Å². The molecule has 3 heteroatoms. The average Bonchev–Trinajstić information content (AvgIpc) is 2.89. The van der Waals surface area contributed by atoms with Crippen molar-refractivity contribution in [1.82, 2.24) is 9.88 Å². The van der Waals surface area contributed by atoms with Gasteiger partial charge >= 0.3 is 0 Å². The number of amides is 1. The summed E-state index contributed by atoms with van der Waals surface area (Å²) in [6, 6.07) is 12.6. The quantitative estimate of drug-likeness (QED) is 0.861. The minimum absolute atomic E-state index is 0.202. The molecule has 0 radical (unpaired) electrons. The van der Waals surface area contributed by atoms with Crippen molar-refractivity contribution in [1.29, 1.82) is 0 Å². The number of hydrogen-bond donors (Lipinski definition) is 0. The van der Waals surface area contributed by atoms with Gasteiger partial charge in [-0.05, 0) is 61.4 Å². The predicted molar refractivity (Wildman–Crippen MR) is 92.3 cm³/mol. The lowest BCUT2D eigenvalue weighted by Crippen LogP contribution is -2.27. The Balaban J connectivity index is 1.64. The topological polar surface area (TPSA) is 33.2 Å². The molecule has 1 aromatic heterocycles. The molecule has 1 unspecified atom stereocenters. The Labute approximate surface area is 138 Å². The molecule has 3 rings (SSSR count). The number of fused-ring (bicyclic) bond motifs is 1. The van der Waals surface area contributed by atoms with Crippen LogP contribution in [0.5, 0.6) is 0 Å². The third kappa shape index (κ3) is 3.61. The Hall–Kier alpha value is -2.16. The number of rotatable bonds is 4. The van der Waals surface area contributed by atoms with E-state index in [1.165, 1.54) is 16.7 Å². The van der Waals surface area contributed by atoms with Gasteiger partial charge in [0.05, 0.1) is 12.2 Å². The van der Waals surface area contributed by atoms with Crippen molar-refractivity contribution in [3.63, 3.8) is 0 Å². The van der Waals surface area contributed by atoms with Crippen molar-refractivity contribution < 1.29 is 4.79 Å². The predicted octanol–water partition coefficient (Wildman–Crippen LogP) is 3.78. The second kappa shape index (κ2) is 6.53. The molecule has 0 N–H and O–H groups in total. The first-order valence-electron chi connectivity index (χ1n) is 8.29. The van der Waals surface area contributed by atoms with Gasteiger partial charge in [0, 0.05) is 19.2 Å². The first kappa shape index (κ1) is 15.7. The molecular formula is C20H24N2O. The summed E-state index contributed by atoms with van der Waals surface area (Å²) < 4.78 is 0. The van der Waals surface area contributed by atoms with E-state index >= 15 is 0 Å². The van der Waals surface area contributed by atoms with Gasteiger partial charge in [0.1, 0.15) is 0 Å². The highest BCUT2D eigenvalue weighted by atomic mass is 16.2. The molecule has 3 nitrogen and oxygen atoms in total. The van der Waals surface area contributed by atoms with Gasteiger partial charge in [-0.2, -0.15) is 0 Å². The fourth-order valence-corrected chi connectivity index (χ4v) is 3.56. The molecule has 0 saturated carbocycles. The van der Waals surface area contributed by atoms with Crippen LogP contribution in [0.3, 0.4) is 0 Å². The Morgan fingerprint density at radius 2 is 2.04 bits per heavy atom. The van der Waals surface area contributed by atoms with Crippen molar-refractivity contribution in [2.24, 2.45) is 0 Å². The molecule has 1 atom stereocenters. The van der Waals surface area contributed by atoms with Gasteiger partial charge in [-0.15, -0.1) is 0 Å². The van der Waals surface area contributed by atoms with Crippen LogP contribution in [0, 0.1) is 13.8 Å². The number of hydrogen-bond acceptors (Lipinski definition) is 2. The molecule has 0 spiro atoms. The van der Waals surface area contributed by atoms with Crippen LogP contribution in [-0.2, 0) is 17.8 Å². The monoisotopic (exact) mass is 308 g/mol. The standard InChI is InChI=1S/C20H24N2O/c1-14-10-15(2)21-18(11-14)13-22(3)20(23)12-17-9-8-16-6-4-5-7-19(16)17/h4-7,10-11,17H,8-9,12-13H2,1-3H3. The maximum atomic E-state index is 12.6. The smallest absolute Gasteiger partial charge is 0.223 e. The van der Waals surface area contributed by atoms with E-state index in [0.29, 0.717) is 18.9 Å². The van der Waals surface area contributed by atoms with E-state index < -0.39 is 0 Å². The number of nitrogens with zero attached hydrogens (tertiary/aromatic N) is 2. The van der Waals surface area contributed by atoms with E-state index in [1.807, 2.05) is 18.9 Å². The maximum absolute atomic E-state index is 12.6. The van der Waals surface area contributed by atoms with Crippen LogP contribution in [0.2, 0.25) is 0 Å². The zero-order valence-electron chi connectivity index (χ0n) is 14.2. The number of carbonyl (C=O) groups is 1. The molecule has 0 aliphatic heterocycles. The highest BCUT2D eigenvalue weighted by Gasteiger charge is 2.25. The Morgan fingerprint density at radius 1 is 1.26 bits per heavy atom. The number of aryl methyl sites for hydroxylation is 3. The normalized spacial score (nSPS) is 16.2. The second-order valence-electron chi connectivity index (χ2n) is 6.67. The molecule has 120 valence electrons. The average molecular weight is 308 g/mol. The summed E-state index contributed by atoms with van der Waals surface area (Å²) in [6.45, 7) is 4.64. The van der Waals surface area contributed by atoms with Gasteiger partial charge in [0.25, 0.3) is 0 Å². The van der Waals surface area contributed by atoms with Gasteiger partial charge in [-0.3, -0.25) is 9.78 Å². The van der Waals surface area contributed by atoms with Crippen LogP contribution in [0.15, 0.2) is 36.4 Å². The number of aromatic nitrogens is 1. The minimum atomic E-state index is 0.202. The molecule has 1 aliphatic rings. The molecule has 1 aliphatic carbocycles.